The van der Waals surface area contributed by atoms with Crippen LogP contribution < -0.4 is 16.6 Å². The zero-order valence-corrected chi connectivity index (χ0v) is 18.8. The van der Waals surface area contributed by atoms with Crippen molar-refractivity contribution in [2.75, 3.05) is 23.4 Å². The van der Waals surface area contributed by atoms with Gasteiger partial charge in [0.15, 0.2) is 5.16 Å². The number of amides is 1. The topological polar surface area (TPSA) is 134 Å². The van der Waals surface area contributed by atoms with E-state index in [0.29, 0.717) is 22.3 Å². The highest BCUT2D eigenvalue weighted by atomic mass is 32.2. The van der Waals surface area contributed by atoms with Gasteiger partial charge in [-0.3, -0.25) is 14.3 Å². The Labute approximate surface area is 188 Å². The summed E-state index contributed by atoms with van der Waals surface area (Å²) in [6.45, 7) is 3.69. The molecule has 3 N–H and O–H groups in total. The highest BCUT2D eigenvalue weighted by Gasteiger charge is 2.18. The first-order chi connectivity index (χ1) is 15.3. The van der Waals surface area contributed by atoms with Crippen molar-refractivity contribution in [3.63, 3.8) is 0 Å². The van der Waals surface area contributed by atoms with E-state index in [9.17, 15) is 14.4 Å². The van der Waals surface area contributed by atoms with Crippen LogP contribution >= 0.6 is 11.8 Å². The molecule has 32 heavy (non-hydrogen) atoms. The lowest BCUT2D eigenvalue weighted by Gasteiger charge is -2.07. The van der Waals surface area contributed by atoms with Gasteiger partial charge >= 0.3 is 5.97 Å². The molecule has 0 spiro atoms. The van der Waals surface area contributed by atoms with E-state index < -0.39 is 5.97 Å². The minimum atomic E-state index is -0.583. The van der Waals surface area contributed by atoms with E-state index in [1.807, 2.05) is 30.3 Å². The Kier molecular flexibility index (Phi) is 7.31. The van der Waals surface area contributed by atoms with Crippen LogP contribution in [0.1, 0.15) is 29.4 Å². The molecule has 0 unspecified atom stereocenters. The zero-order chi connectivity index (χ0) is 23.3. The largest absolute Gasteiger partial charge is 0.462 e. The maximum Gasteiger partial charge on any atom is 0.343 e. The van der Waals surface area contributed by atoms with Gasteiger partial charge in [-0.25, -0.2) is 19.4 Å². The van der Waals surface area contributed by atoms with E-state index >= 15 is 0 Å². The van der Waals surface area contributed by atoms with E-state index in [2.05, 4.69) is 15.3 Å². The van der Waals surface area contributed by atoms with Crippen molar-refractivity contribution in [2.45, 2.75) is 25.4 Å². The molecule has 0 atom stereocenters. The molecule has 1 amide bonds. The Balaban J connectivity index is 1.62. The molecule has 0 fully saturated rings. The Hall–Kier alpha value is -3.60. The molecule has 0 radical (unpaired) electrons. The molecule has 2 heterocycles. The average Bonchev–Trinajstić information content (AvgIpc) is 2.97. The standard InChI is InChI=1S/C21H24N6O4S/c1-4-31-20(30)15-12-23-21(25-18(15)22)32-11-10-16(28)24-17-13(2)26(3)27(19(17)29)14-8-6-5-7-9-14/h5-9,12H,4,10-11H2,1-3H3,(H,24,28)(H2,22,23,25). The van der Waals surface area contributed by atoms with Gasteiger partial charge in [0, 0.05) is 25.4 Å². The number of hydrogen-bond donors (Lipinski definition) is 2. The predicted molar refractivity (Wildman–Crippen MR) is 122 cm³/mol. The third-order valence-corrected chi connectivity index (χ3v) is 5.53. The molecule has 0 aliphatic carbocycles. The number of nitrogens with zero attached hydrogens (tertiary/aromatic N) is 4. The first kappa shape index (κ1) is 23.1. The monoisotopic (exact) mass is 456 g/mol. The van der Waals surface area contributed by atoms with Crippen LogP contribution in [0.3, 0.4) is 0 Å². The number of hydrogen-bond acceptors (Lipinski definition) is 8. The van der Waals surface area contributed by atoms with Crippen molar-refractivity contribution < 1.29 is 14.3 Å². The van der Waals surface area contributed by atoms with E-state index in [4.69, 9.17) is 10.5 Å². The Morgan fingerprint density at radius 3 is 2.62 bits per heavy atom. The normalized spacial score (nSPS) is 10.7. The quantitative estimate of drug-likeness (QED) is 0.299. The maximum atomic E-state index is 12.9. The van der Waals surface area contributed by atoms with Crippen LogP contribution in [0.2, 0.25) is 0 Å². The van der Waals surface area contributed by atoms with Crippen molar-refractivity contribution in [3.05, 3.63) is 58.1 Å². The van der Waals surface area contributed by atoms with Gasteiger partial charge in [0.25, 0.3) is 5.56 Å². The summed E-state index contributed by atoms with van der Waals surface area (Å²) in [5, 5.41) is 3.05. The molecule has 10 nitrogen and oxygen atoms in total. The number of nitrogens with two attached hydrogens (primary N) is 1. The third kappa shape index (κ3) is 4.99. The number of thioether (sulfide) groups is 1. The van der Waals surface area contributed by atoms with Crippen LogP contribution in [-0.2, 0) is 16.6 Å². The molecule has 1 aromatic carbocycles. The second-order valence-corrected chi connectivity index (χ2v) is 7.82. The van der Waals surface area contributed by atoms with Gasteiger partial charge in [-0.05, 0) is 26.0 Å². The Bertz CT molecular complexity index is 1190. The van der Waals surface area contributed by atoms with Crippen LogP contribution in [-0.4, -0.2) is 43.6 Å². The van der Waals surface area contributed by atoms with Gasteiger partial charge in [0.1, 0.15) is 17.1 Å². The second-order valence-electron chi connectivity index (χ2n) is 6.76. The molecule has 0 aliphatic rings. The van der Waals surface area contributed by atoms with E-state index in [0.717, 1.165) is 0 Å². The number of carbonyl (C=O) groups excluding carboxylic acids is 2. The highest BCUT2D eigenvalue weighted by Crippen LogP contribution is 2.19. The molecular formula is C21H24N6O4S. The van der Waals surface area contributed by atoms with Gasteiger partial charge in [0.05, 0.1) is 18.0 Å². The number of carbonyl (C=O) groups is 2. The Morgan fingerprint density at radius 2 is 1.97 bits per heavy atom. The number of nitrogens with one attached hydrogen (secondary N) is 1. The number of para-hydroxylation sites is 1. The minimum Gasteiger partial charge on any atom is -0.462 e. The van der Waals surface area contributed by atoms with Crippen molar-refractivity contribution in [3.8, 4) is 5.69 Å². The molecular weight excluding hydrogens is 432 g/mol. The van der Waals surface area contributed by atoms with Gasteiger partial charge in [-0.2, -0.15) is 0 Å². The summed E-state index contributed by atoms with van der Waals surface area (Å²) in [4.78, 5) is 45.2. The van der Waals surface area contributed by atoms with Gasteiger partial charge in [-0.15, -0.1) is 0 Å². The fourth-order valence-corrected chi connectivity index (χ4v) is 3.72. The number of aromatic nitrogens is 4. The summed E-state index contributed by atoms with van der Waals surface area (Å²) in [6, 6.07) is 9.19. The molecule has 0 bridgehead atoms. The maximum absolute atomic E-state index is 12.9. The smallest absolute Gasteiger partial charge is 0.343 e. The summed E-state index contributed by atoms with van der Waals surface area (Å²) in [5.74, 6) is -0.505. The molecule has 0 saturated heterocycles. The van der Waals surface area contributed by atoms with Crippen LogP contribution in [0.4, 0.5) is 11.5 Å². The summed E-state index contributed by atoms with van der Waals surface area (Å²) < 4.78 is 8.09. The van der Waals surface area contributed by atoms with Crippen molar-refractivity contribution in [2.24, 2.45) is 7.05 Å². The number of ether oxygens (including phenoxy) is 1. The van der Waals surface area contributed by atoms with Crippen LogP contribution in [0.25, 0.3) is 5.69 Å². The number of rotatable bonds is 8. The highest BCUT2D eigenvalue weighted by molar-refractivity contribution is 7.99. The number of nitrogen functional groups attached to an aromatic ring is 1. The predicted octanol–water partition coefficient (Wildman–Crippen LogP) is 2.15. The van der Waals surface area contributed by atoms with E-state index in [-0.39, 0.29) is 41.6 Å². The number of anilines is 2. The molecule has 0 saturated carbocycles. The zero-order valence-electron chi connectivity index (χ0n) is 18.0. The lowest BCUT2D eigenvalue weighted by atomic mass is 10.3. The van der Waals surface area contributed by atoms with Gasteiger partial charge < -0.3 is 15.8 Å². The van der Waals surface area contributed by atoms with Crippen LogP contribution in [0.5, 0.6) is 0 Å². The van der Waals surface area contributed by atoms with Crippen LogP contribution in [0.15, 0.2) is 46.5 Å². The van der Waals surface area contributed by atoms with E-state index in [1.165, 1.54) is 22.6 Å². The van der Waals surface area contributed by atoms with Crippen molar-refractivity contribution in [1.29, 1.82) is 0 Å². The fourth-order valence-electron chi connectivity index (χ4n) is 2.96. The first-order valence-corrected chi connectivity index (χ1v) is 10.9. The van der Waals surface area contributed by atoms with Crippen molar-refractivity contribution >= 4 is 35.1 Å². The second kappa shape index (κ2) is 10.1. The average molecular weight is 457 g/mol. The number of esters is 1. The van der Waals surface area contributed by atoms with E-state index in [1.54, 1.807) is 25.6 Å². The number of benzene rings is 1. The third-order valence-electron chi connectivity index (χ3n) is 4.67. The minimum absolute atomic E-state index is 0.0202. The molecule has 11 heteroatoms. The van der Waals surface area contributed by atoms with Gasteiger partial charge in [0.2, 0.25) is 5.91 Å². The SMILES string of the molecule is CCOC(=O)c1cnc(SCCC(=O)Nc2c(C)n(C)n(-c3ccccc3)c2=O)nc1N. The van der Waals surface area contributed by atoms with Crippen LogP contribution in [0, 0.1) is 6.92 Å². The fraction of sp³-hybridized carbons (Fsp3) is 0.286. The van der Waals surface area contributed by atoms with Gasteiger partial charge in [-0.1, -0.05) is 30.0 Å². The Morgan fingerprint density at radius 1 is 1.25 bits per heavy atom. The lowest BCUT2D eigenvalue weighted by molar-refractivity contribution is -0.115. The molecule has 168 valence electrons. The molecule has 3 rings (SSSR count). The summed E-state index contributed by atoms with van der Waals surface area (Å²) >= 11 is 1.22. The summed E-state index contributed by atoms with van der Waals surface area (Å²) in [5.41, 5.74) is 7.19. The summed E-state index contributed by atoms with van der Waals surface area (Å²) in [7, 11) is 1.76. The van der Waals surface area contributed by atoms with Crippen molar-refractivity contribution in [1.82, 2.24) is 19.3 Å². The summed E-state index contributed by atoms with van der Waals surface area (Å²) in [6.07, 6.45) is 1.44. The molecule has 2 aromatic heterocycles. The first-order valence-electron chi connectivity index (χ1n) is 9.89. The molecule has 0 aliphatic heterocycles. The molecule has 3 aromatic rings. The lowest BCUT2D eigenvalue weighted by Crippen LogP contribution is -2.23.